The second-order valence-electron chi connectivity index (χ2n) is 3.04. The number of esters is 1. The third-order valence-electron chi connectivity index (χ3n) is 1.89. The van der Waals surface area contributed by atoms with Gasteiger partial charge < -0.3 is 4.74 Å². The van der Waals surface area contributed by atoms with E-state index < -0.39 is 0 Å². The zero-order valence-electron chi connectivity index (χ0n) is 10.3. The van der Waals surface area contributed by atoms with Crippen molar-refractivity contribution in [1.82, 2.24) is 0 Å². The van der Waals surface area contributed by atoms with E-state index in [2.05, 4.69) is 0 Å². The Labute approximate surface area is 92.3 Å². The Morgan fingerprint density at radius 2 is 1.87 bits per heavy atom. The van der Waals surface area contributed by atoms with E-state index in [0.717, 1.165) is 11.1 Å². The Hall–Kier alpha value is -1.31. The Bertz CT molecular complexity index is 316. The molecule has 0 N–H and O–H groups in total. The molecule has 0 aliphatic rings. The van der Waals surface area contributed by atoms with Gasteiger partial charge in [0.25, 0.3) is 0 Å². The van der Waals surface area contributed by atoms with Crippen molar-refractivity contribution in [3.8, 4) is 0 Å². The number of benzene rings is 1. The quantitative estimate of drug-likeness (QED) is 0.695. The van der Waals surface area contributed by atoms with Crippen LogP contribution in [-0.2, 0) is 4.74 Å². The molecule has 0 bridgehead atoms. The Morgan fingerprint density at radius 3 is 2.40 bits per heavy atom. The van der Waals surface area contributed by atoms with Crippen LogP contribution in [0, 0.1) is 13.8 Å². The molecular weight excluding hydrogens is 188 g/mol. The highest BCUT2D eigenvalue weighted by Crippen LogP contribution is 2.11. The van der Waals surface area contributed by atoms with E-state index in [9.17, 15) is 4.79 Å². The summed E-state index contributed by atoms with van der Waals surface area (Å²) in [6, 6.07) is 5.77. The molecule has 0 radical (unpaired) electrons. The van der Waals surface area contributed by atoms with Crippen LogP contribution >= 0.6 is 0 Å². The Kier molecular flexibility index (Phi) is 6.43. The maximum absolute atomic E-state index is 11.4. The molecule has 0 atom stereocenters. The fourth-order valence-corrected chi connectivity index (χ4v) is 1.16. The number of carbonyl (C=O) groups is 1. The van der Waals surface area contributed by atoms with Gasteiger partial charge in [0.1, 0.15) is 0 Å². The van der Waals surface area contributed by atoms with Crippen LogP contribution < -0.4 is 0 Å². The van der Waals surface area contributed by atoms with Crippen LogP contribution in [0.5, 0.6) is 0 Å². The van der Waals surface area contributed by atoms with Crippen LogP contribution in [0.25, 0.3) is 0 Å². The molecule has 0 saturated carbocycles. The number of rotatable bonds is 2. The summed E-state index contributed by atoms with van der Waals surface area (Å²) in [6.45, 7) is 10.1. The summed E-state index contributed by atoms with van der Waals surface area (Å²) in [6.07, 6.45) is 0. The van der Waals surface area contributed by atoms with Crippen LogP contribution in [0.4, 0.5) is 0 Å². The van der Waals surface area contributed by atoms with Crippen molar-refractivity contribution in [1.29, 1.82) is 0 Å². The van der Waals surface area contributed by atoms with Crippen LogP contribution in [0.2, 0.25) is 0 Å². The van der Waals surface area contributed by atoms with E-state index in [4.69, 9.17) is 4.74 Å². The average molecular weight is 208 g/mol. The van der Waals surface area contributed by atoms with E-state index in [-0.39, 0.29) is 5.97 Å². The van der Waals surface area contributed by atoms with Crippen LogP contribution in [0.1, 0.15) is 42.3 Å². The third-order valence-corrected chi connectivity index (χ3v) is 1.89. The third kappa shape index (κ3) is 4.15. The molecule has 0 unspecified atom stereocenters. The van der Waals surface area contributed by atoms with E-state index >= 15 is 0 Å². The molecule has 1 rings (SSSR count). The van der Waals surface area contributed by atoms with E-state index in [1.165, 1.54) is 0 Å². The van der Waals surface area contributed by atoms with Gasteiger partial charge in [0, 0.05) is 0 Å². The molecule has 0 heterocycles. The van der Waals surface area contributed by atoms with E-state index in [1.807, 2.05) is 52.8 Å². The summed E-state index contributed by atoms with van der Waals surface area (Å²) in [5.41, 5.74) is 2.71. The lowest BCUT2D eigenvalue weighted by Crippen LogP contribution is -2.06. The molecule has 0 aliphatic carbocycles. The molecule has 15 heavy (non-hydrogen) atoms. The average Bonchev–Trinajstić information content (AvgIpc) is 2.25. The molecule has 0 amide bonds. The van der Waals surface area contributed by atoms with Crippen LogP contribution in [0.3, 0.4) is 0 Å². The van der Waals surface area contributed by atoms with Gasteiger partial charge in [-0.25, -0.2) is 4.79 Å². The topological polar surface area (TPSA) is 26.3 Å². The summed E-state index contributed by atoms with van der Waals surface area (Å²) >= 11 is 0. The predicted octanol–water partition coefficient (Wildman–Crippen LogP) is 3.51. The molecule has 1 aromatic carbocycles. The standard InChI is InChI=1S/C11H14O2.C2H6/c1-4-13-11(12)10-7-8(2)5-6-9(10)3;1-2/h5-7H,4H2,1-3H3;1-2H3. The highest BCUT2D eigenvalue weighted by atomic mass is 16.5. The van der Waals surface area contributed by atoms with Gasteiger partial charge in [0.15, 0.2) is 0 Å². The molecule has 2 heteroatoms. The summed E-state index contributed by atoms with van der Waals surface area (Å²) in [5, 5.41) is 0. The van der Waals surface area contributed by atoms with Gasteiger partial charge in [0.2, 0.25) is 0 Å². The minimum atomic E-state index is -0.233. The summed E-state index contributed by atoms with van der Waals surface area (Å²) in [5.74, 6) is -0.233. The zero-order valence-corrected chi connectivity index (χ0v) is 10.3. The molecule has 84 valence electrons. The van der Waals surface area contributed by atoms with Crippen molar-refractivity contribution in [3.63, 3.8) is 0 Å². The molecule has 0 spiro atoms. The van der Waals surface area contributed by atoms with Gasteiger partial charge in [-0.2, -0.15) is 0 Å². The maximum atomic E-state index is 11.4. The molecule has 2 nitrogen and oxygen atoms in total. The first-order valence-corrected chi connectivity index (χ1v) is 5.39. The van der Waals surface area contributed by atoms with Crippen molar-refractivity contribution in [2.45, 2.75) is 34.6 Å². The van der Waals surface area contributed by atoms with Gasteiger partial charge in [-0.05, 0) is 32.4 Å². The van der Waals surface area contributed by atoms with Crippen molar-refractivity contribution < 1.29 is 9.53 Å². The van der Waals surface area contributed by atoms with Crippen molar-refractivity contribution >= 4 is 5.97 Å². The van der Waals surface area contributed by atoms with Gasteiger partial charge in [0.05, 0.1) is 12.2 Å². The largest absolute Gasteiger partial charge is 0.462 e. The fraction of sp³-hybridized carbons (Fsp3) is 0.462. The summed E-state index contributed by atoms with van der Waals surface area (Å²) in [4.78, 5) is 11.4. The zero-order chi connectivity index (χ0) is 11.8. The van der Waals surface area contributed by atoms with Gasteiger partial charge in [-0.15, -0.1) is 0 Å². The number of ether oxygens (including phenoxy) is 1. The lowest BCUT2D eigenvalue weighted by molar-refractivity contribution is 0.0525. The molecule has 0 fully saturated rings. The molecule has 0 saturated heterocycles. The molecule has 0 aliphatic heterocycles. The van der Waals surface area contributed by atoms with Gasteiger partial charge in [-0.1, -0.05) is 31.5 Å². The monoisotopic (exact) mass is 208 g/mol. The van der Waals surface area contributed by atoms with Gasteiger partial charge >= 0.3 is 5.97 Å². The van der Waals surface area contributed by atoms with E-state index in [1.54, 1.807) is 0 Å². The van der Waals surface area contributed by atoms with Gasteiger partial charge in [-0.3, -0.25) is 0 Å². The first-order chi connectivity index (χ1) is 7.15. The van der Waals surface area contributed by atoms with Crippen molar-refractivity contribution in [2.75, 3.05) is 6.61 Å². The van der Waals surface area contributed by atoms with Crippen LogP contribution in [-0.4, -0.2) is 12.6 Å². The Balaban J connectivity index is 0.000000921. The SMILES string of the molecule is CC.CCOC(=O)c1cc(C)ccc1C. The fourth-order valence-electron chi connectivity index (χ4n) is 1.16. The highest BCUT2D eigenvalue weighted by Gasteiger charge is 2.08. The lowest BCUT2D eigenvalue weighted by Gasteiger charge is -2.05. The predicted molar refractivity (Wildman–Crippen MR) is 63.2 cm³/mol. The second-order valence-corrected chi connectivity index (χ2v) is 3.04. The normalized spacial score (nSPS) is 8.87. The highest BCUT2D eigenvalue weighted by molar-refractivity contribution is 5.91. The van der Waals surface area contributed by atoms with Crippen molar-refractivity contribution in [2.24, 2.45) is 0 Å². The summed E-state index contributed by atoms with van der Waals surface area (Å²) < 4.78 is 4.92. The second kappa shape index (κ2) is 7.04. The Morgan fingerprint density at radius 1 is 1.27 bits per heavy atom. The van der Waals surface area contributed by atoms with E-state index in [0.29, 0.717) is 12.2 Å². The lowest BCUT2D eigenvalue weighted by atomic mass is 10.1. The smallest absolute Gasteiger partial charge is 0.338 e. The minimum Gasteiger partial charge on any atom is -0.462 e. The molecule has 1 aromatic rings. The minimum absolute atomic E-state index is 0.233. The van der Waals surface area contributed by atoms with Crippen LogP contribution in [0.15, 0.2) is 18.2 Å². The number of hydrogen-bond acceptors (Lipinski definition) is 2. The maximum Gasteiger partial charge on any atom is 0.338 e. The van der Waals surface area contributed by atoms with Crippen molar-refractivity contribution in [3.05, 3.63) is 34.9 Å². The number of hydrogen-bond donors (Lipinski definition) is 0. The number of aryl methyl sites for hydroxylation is 2. The summed E-state index contributed by atoms with van der Waals surface area (Å²) in [7, 11) is 0. The first-order valence-electron chi connectivity index (χ1n) is 5.39. The number of carbonyl (C=O) groups excluding carboxylic acids is 1. The molecule has 0 aromatic heterocycles. The first kappa shape index (κ1) is 13.7. The molecular formula is C13H20O2.